The molecule has 0 fully saturated rings. The third-order valence-corrected chi connectivity index (χ3v) is 5.28. The Balaban J connectivity index is 2.15. The summed E-state index contributed by atoms with van der Waals surface area (Å²) >= 11 is 1.02. The second-order valence-electron chi connectivity index (χ2n) is 3.80. The van der Waals surface area contributed by atoms with Gasteiger partial charge in [0.1, 0.15) is 4.21 Å². The minimum Gasteiger partial charge on any atom is -0.478 e. The van der Waals surface area contributed by atoms with Crippen LogP contribution in [0.2, 0.25) is 0 Å². The summed E-state index contributed by atoms with van der Waals surface area (Å²) in [5, 5.41) is 8.96. The summed E-state index contributed by atoms with van der Waals surface area (Å²) in [4.78, 5) is 4.57. The third-order valence-electron chi connectivity index (χ3n) is 2.34. The first-order chi connectivity index (χ1) is 9.55. The number of rotatable bonds is 6. The van der Waals surface area contributed by atoms with Crippen LogP contribution in [0.5, 0.6) is 5.88 Å². The maximum Gasteiger partial charge on any atom is 0.271 e. The van der Waals surface area contributed by atoms with Gasteiger partial charge in [0.25, 0.3) is 10.0 Å². The molecule has 2 N–H and O–H groups in total. The van der Waals surface area contributed by atoms with Crippen molar-refractivity contribution in [3.8, 4) is 5.88 Å². The molecule has 8 heteroatoms. The van der Waals surface area contributed by atoms with Crippen molar-refractivity contribution >= 4 is 27.0 Å². The molecule has 0 amide bonds. The number of sulfonamides is 1. The lowest BCUT2D eigenvalue weighted by Gasteiger charge is -2.07. The van der Waals surface area contributed by atoms with E-state index in [1.165, 1.54) is 12.3 Å². The van der Waals surface area contributed by atoms with Crippen LogP contribution in [0.4, 0.5) is 5.69 Å². The molecule has 0 aromatic carbocycles. The van der Waals surface area contributed by atoms with Crippen LogP contribution in [0.15, 0.2) is 34.7 Å². The summed E-state index contributed by atoms with van der Waals surface area (Å²) in [6.07, 6.45) is 1.39. The van der Waals surface area contributed by atoms with E-state index in [0.717, 1.165) is 11.3 Å². The molecule has 6 nitrogen and oxygen atoms in total. The lowest BCUT2D eigenvalue weighted by Crippen LogP contribution is -2.11. The summed E-state index contributed by atoms with van der Waals surface area (Å²) in [6, 6.07) is 6.21. The molecule has 2 heterocycles. The van der Waals surface area contributed by atoms with E-state index in [2.05, 4.69) is 9.71 Å². The summed E-state index contributed by atoms with van der Waals surface area (Å²) < 4.78 is 32.0. The number of nitrogens with zero attached hydrogens (tertiary/aromatic N) is 1. The zero-order valence-electron chi connectivity index (χ0n) is 10.7. The predicted octanol–water partition coefficient (Wildman–Crippen LogP) is 1.83. The van der Waals surface area contributed by atoms with Gasteiger partial charge in [0, 0.05) is 10.9 Å². The largest absolute Gasteiger partial charge is 0.478 e. The van der Waals surface area contributed by atoms with E-state index in [1.54, 1.807) is 18.2 Å². The Labute approximate surface area is 121 Å². The Hall–Kier alpha value is -1.64. The highest BCUT2D eigenvalue weighted by Gasteiger charge is 2.17. The van der Waals surface area contributed by atoms with Gasteiger partial charge in [-0.25, -0.2) is 13.4 Å². The molecule has 0 aliphatic heterocycles. The van der Waals surface area contributed by atoms with E-state index in [-0.39, 0.29) is 10.8 Å². The van der Waals surface area contributed by atoms with Crippen LogP contribution in [0.25, 0.3) is 0 Å². The molecule has 2 aromatic heterocycles. The molecule has 0 aliphatic carbocycles. The lowest BCUT2D eigenvalue weighted by molar-refractivity contribution is 0.285. The molecular weight excluding hydrogens is 300 g/mol. The van der Waals surface area contributed by atoms with Crippen molar-refractivity contribution in [3.63, 3.8) is 0 Å². The van der Waals surface area contributed by atoms with Crippen LogP contribution >= 0.6 is 11.3 Å². The minimum atomic E-state index is -3.65. The number of pyridine rings is 1. The number of anilines is 1. The Morgan fingerprint density at radius 1 is 1.35 bits per heavy atom. The van der Waals surface area contributed by atoms with Crippen LogP contribution in [0.3, 0.4) is 0 Å². The lowest BCUT2D eigenvalue weighted by atomic mass is 10.4. The van der Waals surface area contributed by atoms with Gasteiger partial charge in [-0.15, -0.1) is 11.3 Å². The minimum absolute atomic E-state index is 0.149. The smallest absolute Gasteiger partial charge is 0.271 e. The van der Waals surface area contributed by atoms with Crippen molar-refractivity contribution in [2.24, 2.45) is 0 Å². The normalized spacial score (nSPS) is 11.3. The number of ether oxygens (including phenoxy) is 1. The molecule has 2 rings (SSSR count). The highest BCUT2D eigenvalue weighted by molar-refractivity contribution is 7.94. The Morgan fingerprint density at radius 3 is 2.70 bits per heavy atom. The van der Waals surface area contributed by atoms with Crippen LogP contribution in [0, 0.1) is 0 Å². The van der Waals surface area contributed by atoms with Crippen molar-refractivity contribution in [1.82, 2.24) is 4.98 Å². The van der Waals surface area contributed by atoms with Gasteiger partial charge in [-0.05, 0) is 25.1 Å². The molecule has 0 spiro atoms. The Bertz CT molecular complexity index is 665. The fourth-order valence-corrected chi connectivity index (χ4v) is 3.73. The van der Waals surface area contributed by atoms with Crippen molar-refractivity contribution in [2.75, 3.05) is 11.3 Å². The third kappa shape index (κ3) is 3.47. The number of aliphatic hydroxyl groups excluding tert-OH is 1. The van der Waals surface area contributed by atoms with Crippen LogP contribution in [-0.2, 0) is 16.6 Å². The standard InChI is InChI=1S/C12H14N2O4S2/c1-2-18-11-5-3-9(7-13-11)14-20(16,17)12-6-4-10(8-15)19-12/h3-7,14-15H,2,8H2,1H3. The SMILES string of the molecule is CCOc1ccc(NS(=O)(=O)c2ccc(CO)s2)cn1. The van der Waals surface area contributed by atoms with Gasteiger partial charge in [0.05, 0.1) is 25.1 Å². The highest BCUT2D eigenvalue weighted by atomic mass is 32.2. The molecule has 0 atom stereocenters. The second-order valence-corrected chi connectivity index (χ2v) is 6.88. The van der Waals surface area contributed by atoms with Gasteiger partial charge in [-0.2, -0.15) is 0 Å². The Morgan fingerprint density at radius 2 is 2.15 bits per heavy atom. The highest BCUT2D eigenvalue weighted by Crippen LogP contribution is 2.24. The van der Waals surface area contributed by atoms with E-state index in [0.29, 0.717) is 23.1 Å². The number of aliphatic hydroxyl groups is 1. The maximum atomic E-state index is 12.1. The molecule has 0 unspecified atom stereocenters. The first-order valence-corrected chi connectivity index (χ1v) is 8.16. The first-order valence-electron chi connectivity index (χ1n) is 5.86. The van der Waals surface area contributed by atoms with Crippen molar-refractivity contribution in [2.45, 2.75) is 17.7 Å². The van der Waals surface area contributed by atoms with E-state index >= 15 is 0 Å². The molecular formula is C12H14N2O4S2. The quantitative estimate of drug-likeness (QED) is 0.849. The summed E-state index contributed by atoms with van der Waals surface area (Å²) in [6.45, 7) is 2.16. The average Bonchev–Trinajstić information content (AvgIpc) is 2.91. The summed E-state index contributed by atoms with van der Waals surface area (Å²) in [7, 11) is -3.65. The fraction of sp³-hybridized carbons (Fsp3) is 0.250. The first kappa shape index (κ1) is 14.8. The van der Waals surface area contributed by atoms with Gasteiger partial charge in [0.2, 0.25) is 5.88 Å². The monoisotopic (exact) mass is 314 g/mol. The molecule has 0 radical (unpaired) electrons. The zero-order valence-corrected chi connectivity index (χ0v) is 12.4. The maximum absolute atomic E-state index is 12.1. The van der Waals surface area contributed by atoms with Crippen LogP contribution in [0.1, 0.15) is 11.8 Å². The summed E-state index contributed by atoms with van der Waals surface area (Å²) in [5.74, 6) is 0.439. The van der Waals surface area contributed by atoms with Gasteiger partial charge in [-0.1, -0.05) is 0 Å². The molecule has 2 aromatic rings. The molecule has 0 aliphatic rings. The van der Waals surface area contributed by atoms with Crippen LogP contribution in [-0.4, -0.2) is 25.1 Å². The van der Waals surface area contributed by atoms with Gasteiger partial charge < -0.3 is 9.84 Å². The Kier molecular flexibility index (Phi) is 4.58. The van der Waals surface area contributed by atoms with Crippen molar-refractivity contribution in [1.29, 1.82) is 0 Å². The van der Waals surface area contributed by atoms with Gasteiger partial charge >= 0.3 is 0 Å². The van der Waals surface area contributed by atoms with Gasteiger partial charge in [0.15, 0.2) is 0 Å². The van der Waals surface area contributed by atoms with Gasteiger partial charge in [-0.3, -0.25) is 4.72 Å². The summed E-state index contributed by atoms with van der Waals surface area (Å²) in [5.41, 5.74) is 0.354. The molecule has 0 saturated heterocycles. The molecule has 108 valence electrons. The average molecular weight is 314 g/mol. The number of hydrogen-bond donors (Lipinski definition) is 2. The zero-order chi connectivity index (χ0) is 14.6. The molecule has 20 heavy (non-hydrogen) atoms. The van der Waals surface area contributed by atoms with Crippen molar-refractivity contribution < 1.29 is 18.3 Å². The topological polar surface area (TPSA) is 88.5 Å². The van der Waals surface area contributed by atoms with Crippen LogP contribution < -0.4 is 9.46 Å². The van der Waals surface area contributed by atoms with E-state index in [4.69, 9.17) is 9.84 Å². The predicted molar refractivity (Wildman–Crippen MR) is 76.5 cm³/mol. The number of aromatic nitrogens is 1. The number of hydrogen-bond acceptors (Lipinski definition) is 6. The fourth-order valence-electron chi connectivity index (χ4n) is 1.47. The van der Waals surface area contributed by atoms with E-state index in [9.17, 15) is 8.42 Å². The number of nitrogens with one attached hydrogen (secondary N) is 1. The van der Waals surface area contributed by atoms with Crippen molar-refractivity contribution in [3.05, 3.63) is 35.3 Å². The number of thiophene rings is 1. The second kappa shape index (κ2) is 6.21. The van der Waals surface area contributed by atoms with E-state index in [1.807, 2.05) is 6.92 Å². The molecule has 0 saturated carbocycles. The van der Waals surface area contributed by atoms with E-state index < -0.39 is 10.0 Å². The molecule has 0 bridgehead atoms.